The number of hydrogen-bond acceptors (Lipinski definition) is 6. The fraction of sp³-hybridized carbons (Fsp3) is 0.120. The SMILES string of the molecule is COc1cc(C(=O)Nc2cccc(OCc3cscn3)c2)ccc1OCc1ccccc1. The van der Waals surface area contributed by atoms with Crippen LogP contribution in [-0.4, -0.2) is 18.0 Å². The Hall–Kier alpha value is -3.84. The van der Waals surface area contributed by atoms with E-state index in [9.17, 15) is 4.79 Å². The molecule has 4 aromatic rings. The monoisotopic (exact) mass is 446 g/mol. The summed E-state index contributed by atoms with van der Waals surface area (Å²) >= 11 is 1.52. The van der Waals surface area contributed by atoms with Crippen molar-refractivity contribution < 1.29 is 19.0 Å². The van der Waals surface area contributed by atoms with Gasteiger partial charge in [0.1, 0.15) is 19.0 Å². The summed E-state index contributed by atoms with van der Waals surface area (Å²) in [6.45, 7) is 0.791. The van der Waals surface area contributed by atoms with E-state index in [0.717, 1.165) is 11.3 Å². The van der Waals surface area contributed by atoms with E-state index in [1.54, 1.807) is 36.9 Å². The summed E-state index contributed by atoms with van der Waals surface area (Å²) in [5.74, 6) is 1.46. The first-order chi connectivity index (χ1) is 15.7. The molecule has 0 radical (unpaired) electrons. The Labute approximate surface area is 190 Å². The third-order valence-electron chi connectivity index (χ3n) is 4.63. The van der Waals surface area contributed by atoms with Gasteiger partial charge in [0, 0.05) is 22.7 Å². The highest BCUT2D eigenvalue weighted by atomic mass is 32.1. The van der Waals surface area contributed by atoms with Crippen molar-refractivity contribution in [3.8, 4) is 17.2 Å². The van der Waals surface area contributed by atoms with Crippen molar-refractivity contribution >= 4 is 22.9 Å². The molecule has 1 aromatic heterocycles. The van der Waals surface area contributed by atoms with Gasteiger partial charge in [-0.1, -0.05) is 36.4 Å². The number of amides is 1. The van der Waals surface area contributed by atoms with Crippen molar-refractivity contribution in [1.82, 2.24) is 4.98 Å². The van der Waals surface area contributed by atoms with E-state index in [-0.39, 0.29) is 5.91 Å². The predicted octanol–water partition coefficient (Wildman–Crippen LogP) is 5.56. The second-order valence-corrected chi connectivity index (χ2v) is 7.61. The van der Waals surface area contributed by atoms with Gasteiger partial charge in [0.2, 0.25) is 0 Å². The zero-order chi connectivity index (χ0) is 22.2. The van der Waals surface area contributed by atoms with Crippen LogP contribution in [0.4, 0.5) is 5.69 Å². The average Bonchev–Trinajstić information content (AvgIpc) is 3.36. The van der Waals surface area contributed by atoms with Crippen LogP contribution in [0, 0.1) is 0 Å². The van der Waals surface area contributed by atoms with Crippen molar-refractivity contribution in [1.29, 1.82) is 0 Å². The lowest BCUT2D eigenvalue weighted by Crippen LogP contribution is -2.12. The second kappa shape index (κ2) is 10.5. The predicted molar refractivity (Wildman–Crippen MR) is 125 cm³/mol. The van der Waals surface area contributed by atoms with Crippen LogP contribution in [0.1, 0.15) is 21.6 Å². The molecule has 1 N–H and O–H groups in total. The summed E-state index contributed by atoms with van der Waals surface area (Å²) in [4.78, 5) is 17.0. The maximum atomic E-state index is 12.8. The number of methoxy groups -OCH3 is 1. The summed E-state index contributed by atoms with van der Waals surface area (Å²) < 4.78 is 17.0. The standard InChI is InChI=1S/C25H22N2O4S/c1-29-24-12-19(10-11-23(24)31-14-18-6-3-2-4-7-18)25(28)27-20-8-5-9-22(13-20)30-15-21-16-32-17-26-21/h2-13,16-17H,14-15H2,1H3,(H,27,28). The molecule has 32 heavy (non-hydrogen) atoms. The molecule has 0 fully saturated rings. The summed E-state index contributed by atoms with van der Waals surface area (Å²) in [6.07, 6.45) is 0. The number of ether oxygens (including phenoxy) is 3. The van der Waals surface area contributed by atoms with Crippen LogP contribution in [0.3, 0.4) is 0 Å². The van der Waals surface area contributed by atoms with E-state index in [0.29, 0.717) is 41.7 Å². The molecule has 1 amide bonds. The number of carbonyl (C=O) groups is 1. The smallest absolute Gasteiger partial charge is 0.255 e. The Morgan fingerprint density at radius 3 is 2.59 bits per heavy atom. The minimum Gasteiger partial charge on any atom is -0.493 e. The van der Waals surface area contributed by atoms with Crippen LogP contribution in [0.2, 0.25) is 0 Å². The first kappa shape index (κ1) is 21.4. The summed E-state index contributed by atoms with van der Waals surface area (Å²) in [7, 11) is 1.55. The topological polar surface area (TPSA) is 69.7 Å². The molecule has 0 bridgehead atoms. The number of hydrogen-bond donors (Lipinski definition) is 1. The average molecular weight is 447 g/mol. The van der Waals surface area contributed by atoms with Crippen LogP contribution in [0.25, 0.3) is 0 Å². The van der Waals surface area contributed by atoms with Gasteiger partial charge in [-0.15, -0.1) is 11.3 Å². The van der Waals surface area contributed by atoms with Gasteiger partial charge in [0.15, 0.2) is 11.5 Å². The molecule has 1 heterocycles. The van der Waals surface area contributed by atoms with Gasteiger partial charge < -0.3 is 19.5 Å². The number of benzene rings is 3. The minimum absolute atomic E-state index is 0.255. The molecule has 0 saturated heterocycles. The van der Waals surface area contributed by atoms with Crippen LogP contribution < -0.4 is 19.5 Å². The summed E-state index contributed by atoms with van der Waals surface area (Å²) in [6, 6.07) is 22.2. The number of rotatable bonds is 9. The number of carbonyl (C=O) groups excluding carboxylic acids is 1. The fourth-order valence-corrected chi connectivity index (χ4v) is 3.54. The molecule has 3 aromatic carbocycles. The Kier molecular flexibility index (Phi) is 6.99. The fourth-order valence-electron chi connectivity index (χ4n) is 3.00. The Balaban J connectivity index is 1.40. The quantitative estimate of drug-likeness (QED) is 0.364. The molecular formula is C25H22N2O4S. The number of aromatic nitrogens is 1. The molecule has 6 nitrogen and oxygen atoms in total. The van der Waals surface area contributed by atoms with E-state index in [1.807, 2.05) is 53.9 Å². The third-order valence-corrected chi connectivity index (χ3v) is 5.26. The highest BCUT2D eigenvalue weighted by Crippen LogP contribution is 2.29. The highest BCUT2D eigenvalue weighted by Gasteiger charge is 2.12. The van der Waals surface area contributed by atoms with E-state index in [1.165, 1.54) is 11.3 Å². The van der Waals surface area contributed by atoms with Crippen LogP contribution >= 0.6 is 11.3 Å². The molecule has 162 valence electrons. The summed E-state index contributed by atoms with van der Waals surface area (Å²) in [5, 5.41) is 4.83. The van der Waals surface area contributed by atoms with Gasteiger partial charge in [0.25, 0.3) is 5.91 Å². The maximum Gasteiger partial charge on any atom is 0.255 e. The largest absolute Gasteiger partial charge is 0.493 e. The van der Waals surface area contributed by atoms with E-state index in [4.69, 9.17) is 14.2 Å². The number of nitrogens with zero attached hydrogens (tertiary/aromatic N) is 1. The molecule has 0 saturated carbocycles. The molecule has 0 unspecified atom stereocenters. The van der Waals surface area contributed by atoms with Crippen molar-refractivity contribution in [3.63, 3.8) is 0 Å². The van der Waals surface area contributed by atoms with Crippen LogP contribution in [0.5, 0.6) is 17.2 Å². The van der Waals surface area contributed by atoms with E-state index < -0.39 is 0 Å². The van der Waals surface area contributed by atoms with E-state index >= 15 is 0 Å². The molecule has 0 aliphatic heterocycles. The zero-order valence-corrected chi connectivity index (χ0v) is 18.3. The lowest BCUT2D eigenvalue weighted by molar-refractivity contribution is 0.102. The third kappa shape index (κ3) is 5.65. The van der Waals surface area contributed by atoms with Gasteiger partial charge >= 0.3 is 0 Å². The molecule has 0 aliphatic rings. The Morgan fingerprint density at radius 1 is 0.938 bits per heavy atom. The number of nitrogens with one attached hydrogen (secondary N) is 1. The molecule has 4 rings (SSSR count). The normalized spacial score (nSPS) is 10.4. The zero-order valence-electron chi connectivity index (χ0n) is 17.5. The Bertz CT molecular complexity index is 1160. The van der Waals surface area contributed by atoms with Crippen molar-refractivity contribution in [2.24, 2.45) is 0 Å². The lowest BCUT2D eigenvalue weighted by Gasteiger charge is -2.13. The van der Waals surface area contributed by atoms with Gasteiger partial charge in [-0.05, 0) is 35.9 Å². The second-order valence-electron chi connectivity index (χ2n) is 6.89. The van der Waals surface area contributed by atoms with Gasteiger partial charge in [0.05, 0.1) is 18.3 Å². The first-order valence-corrected chi connectivity index (χ1v) is 10.9. The summed E-state index contributed by atoms with van der Waals surface area (Å²) in [5.41, 5.74) is 4.78. The Morgan fingerprint density at radius 2 is 1.81 bits per heavy atom. The lowest BCUT2D eigenvalue weighted by atomic mass is 10.1. The number of thiazole rings is 1. The molecule has 0 atom stereocenters. The minimum atomic E-state index is -0.255. The highest BCUT2D eigenvalue weighted by molar-refractivity contribution is 7.07. The van der Waals surface area contributed by atoms with Crippen molar-refractivity contribution in [2.45, 2.75) is 13.2 Å². The maximum absolute atomic E-state index is 12.8. The van der Waals surface area contributed by atoms with Crippen LogP contribution in [0.15, 0.2) is 83.7 Å². The van der Waals surface area contributed by atoms with Gasteiger partial charge in [-0.2, -0.15) is 0 Å². The van der Waals surface area contributed by atoms with E-state index in [2.05, 4.69) is 10.3 Å². The first-order valence-electron chi connectivity index (χ1n) is 9.97. The molecular weight excluding hydrogens is 424 g/mol. The van der Waals surface area contributed by atoms with Crippen molar-refractivity contribution in [3.05, 3.63) is 101 Å². The molecule has 7 heteroatoms. The van der Waals surface area contributed by atoms with Gasteiger partial charge in [-0.25, -0.2) is 4.98 Å². The van der Waals surface area contributed by atoms with Crippen LogP contribution in [-0.2, 0) is 13.2 Å². The number of anilines is 1. The molecule has 0 aliphatic carbocycles. The van der Waals surface area contributed by atoms with Crippen molar-refractivity contribution in [2.75, 3.05) is 12.4 Å². The molecule has 0 spiro atoms. The van der Waals surface area contributed by atoms with Gasteiger partial charge in [-0.3, -0.25) is 4.79 Å².